The first-order chi connectivity index (χ1) is 19.5. The van der Waals surface area contributed by atoms with Gasteiger partial charge in [0, 0.05) is 12.6 Å². The molecular formula is C32H41N3O5S. The van der Waals surface area contributed by atoms with Gasteiger partial charge in [-0.05, 0) is 75.9 Å². The minimum Gasteiger partial charge on any atom is -0.495 e. The zero-order chi connectivity index (χ0) is 30.2. The van der Waals surface area contributed by atoms with Gasteiger partial charge in [0.1, 0.15) is 18.3 Å². The summed E-state index contributed by atoms with van der Waals surface area (Å²) in [5, 5.41) is 2.91. The smallest absolute Gasteiger partial charge is 0.264 e. The second kappa shape index (κ2) is 14.2. The highest BCUT2D eigenvalue weighted by atomic mass is 32.2. The molecule has 0 saturated heterocycles. The summed E-state index contributed by atoms with van der Waals surface area (Å²) >= 11 is 0. The van der Waals surface area contributed by atoms with Crippen molar-refractivity contribution in [3.63, 3.8) is 0 Å². The van der Waals surface area contributed by atoms with E-state index in [1.807, 2.05) is 71.0 Å². The minimum atomic E-state index is -4.18. The molecule has 3 aromatic rings. The van der Waals surface area contributed by atoms with Crippen LogP contribution in [0.4, 0.5) is 5.69 Å². The van der Waals surface area contributed by atoms with Gasteiger partial charge in [-0.25, -0.2) is 8.42 Å². The number of ether oxygens (including phenoxy) is 1. The molecule has 220 valence electrons. The molecule has 0 fully saturated rings. The lowest BCUT2D eigenvalue weighted by Gasteiger charge is -2.34. The molecule has 0 bridgehead atoms. The second-order valence-electron chi connectivity index (χ2n) is 10.4. The van der Waals surface area contributed by atoms with E-state index in [9.17, 15) is 18.0 Å². The monoisotopic (exact) mass is 579 g/mol. The molecule has 0 aliphatic carbocycles. The molecule has 0 radical (unpaired) electrons. The van der Waals surface area contributed by atoms with Crippen molar-refractivity contribution >= 4 is 27.5 Å². The molecule has 3 aromatic carbocycles. The van der Waals surface area contributed by atoms with Gasteiger partial charge in [0.2, 0.25) is 11.8 Å². The third-order valence-electron chi connectivity index (χ3n) is 6.79. The van der Waals surface area contributed by atoms with E-state index in [1.54, 1.807) is 24.3 Å². The first-order valence-corrected chi connectivity index (χ1v) is 15.3. The van der Waals surface area contributed by atoms with E-state index in [0.29, 0.717) is 18.6 Å². The number of hydrogen-bond acceptors (Lipinski definition) is 5. The quantitative estimate of drug-likeness (QED) is 0.311. The molecular weight excluding hydrogens is 538 g/mol. The van der Waals surface area contributed by atoms with Gasteiger partial charge >= 0.3 is 0 Å². The molecule has 0 heterocycles. The Morgan fingerprint density at radius 1 is 0.927 bits per heavy atom. The molecule has 0 aromatic heterocycles. The zero-order valence-corrected chi connectivity index (χ0v) is 25.6. The Hall–Kier alpha value is -3.85. The zero-order valence-electron chi connectivity index (χ0n) is 24.8. The van der Waals surface area contributed by atoms with Crippen LogP contribution in [-0.4, -0.2) is 57.4 Å². The van der Waals surface area contributed by atoms with Crippen LogP contribution in [0.5, 0.6) is 5.75 Å². The van der Waals surface area contributed by atoms with Crippen molar-refractivity contribution in [1.29, 1.82) is 0 Å². The third kappa shape index (κ3) is 8.10. The Kier molecular flexibility index (Phi) is 10.9. The van der Waals surface area contributed by atoms with Crippen LogP contribution in [0.15, 0.2) is 77.7 Å². The van der Waals surface area contributed by atoms with Crippen LogP contribution in [-0.2, 0) is 26.0 Å². The van der Waals surface area contributed by atoms with Gasteiger partial charge in [-0.3, -0.25) is 13.9 Å². The minimum absolute atomic E-state index is 0.0555. The third-order valence-corrected chi connectivity index (χ3v) is 8.57. The van der Waals surface area contributed by atoms with Crippen molar-refractivity contribution in [3.8, 4) is 5.75 Å². The Balaban J connectivity index is 2.08. The molecule has 8 nitrogen and oxygen atoms in total. The standard InChI is InChI=1S/C32H41N3O5S/c1-7-28(32(37)33-23(2)3)34(20-19-26-11-9-8-10-12-26)31(36)22-35(29-21-25(5)15-18-30(29)40-6)41(38,39)27-16-13-24(4)14-17-27/h8-18,21,23,28H,7,19-20,22H2,1-6H3,(H,33,37). The second-order valence-corrected chi connectivity index (χ2v) is 12.3. The number of carbonyl (C=O) groups is 2. The predicted octanol–water partition coefficient (Wildman–Crippen LogP) is 4.88. The van der Waals surface area contributed by atoms with E-state index in [2.05, 4.69) is 5.32 Å². The van der Waals surface area contributed by atoms with Crippen molar-refractivity contribution in [2.24, 2.45) is 0 Å². The van der Waals surface area contributed by atoms with Gasteiger partial charge in [0.15, 0.2) is 0 Å². The van der Waals surface area contributed by atoms with Gasteiger partial charge in [0.05, 0.1) is 17.7 Å². The molecule has 1 unspecified atom stereocenters. The van der Waals surface area contributed by atoms with Crippen LogP contribution >= 0.6 is 0 Å². The topological polar surface area (TPSA) is 96.0 Å². The van der Waals surface area contributed by atoms with Crippen molar-refractivity contribution < 1.29 is 22.7 Å². The molecule has 0 spiro atoms. The SMILES string of the molecule is CCC(C(=O)NC(C)C)N(CCc1ccccc1)C(=O)CN(c1cc(C)ccc1OC)S(=O)(=O)c1ccc(C)cc1. The number of benzene rings is 3. The van der Waals surface area contributed by atoms with Gasteiger partial charge in [-0.1, -0.05) is 61.0 Å². The lowest BCUT2D eigenvalue weighted by molar-refractivity contribution is -0.139. The average molecular weight is 580 g/mol. The molecule has 1 atom stereocenters. The van der Waals surface area contributed by atoms with Gasteiger partial charge in [-0.2, -0.15) is 0 Å². The highest BCUT2D eigenvalue weighted by Gasteiger charge is 2.34. The fraction of sp³-hybridized carbons (Fsp3) is 0.375. The van der Waals surface area contributed by atoms with E-state index in [0.717, 1.165) is 21.0 Å². The first kappa shape index (κ1) is 31.7. The Morgan fingerprint density at radius 3 is 2.15 bits per heavy atom. The summed E-state index contributed by atoms with van der Waals surface area (Å²) in [6.45, 7) is 9.03. The van der Waals surface area contributed by atoms with Crippen molar-refractivity contribution in [3.05, 3.63) is 89.5 Å². The van der Waals surface area contributed by atoms with Crippen LogP contribution in [0.25, 0.3) is 0 Å². The number of nitrogens with zero attached hydrogens (tertiary/aromatic N) is 2. The predicted molar refractivity (Wildman–Crippen MR) is 163 cm³/mol. The maximum absolute atomic E-state index is 14.2. The summed E-state index contributed by atoms with van der Waals surface area (Å²) in [5.74, 6) is -0.435. The molecule has 1 N–H and O–H groups in total. The summed E-state index contributed by atoms with van der Waals surface area (Å²) < 4.78 is 34.8. The molecule has 9 heteroatoms. The highest BCUT2D eigenvalue weighted by Crippen LogP contribution is 2.33. The number of rotatable bonds is 13. The van der Waals surface area contributed by atoms with E-state index in [1.165, 1.54) is 24.1 Å². The van der Waals surface area contributed by atoms with Crippen molar-refractivity contribution in [1.82, 2.24) is 10.2 Å². The van der Waals surface area contributed by atoms with E-state index in [-0.39, 0.29) is 29.1 Å². The van der Waals surface area contributed by atoms with E-state index < -0.39 is 28.5 Å². The lowest BCUT2D eigenvalue weighted by Crippen LogP contribution is -2.54. The highest BCUT2D eigenvalue weighted by molar-refractivity contribution is 7.92. The summed E-state index contributed by atoms with van der Waals surface area (Å²) in [6, 6.07) is 20.5. The summed E-state index contributed by atoms with van der Waals surface area (Å²) in [5.41, 5.74) is 2.98. The fourth-order valence-corrected chi connectivity index (χ4v) is 6.04. The van der Waals surface area contributed by atoms with Crippen LogP contribution < -0.4 is 14.4 Å². The Bertz CT molecular complexity index is 1420. The first-order valence-electron chi connectivity index (χ1n) is 13.9. The Morgan fingerprint density at radius 2 is 1.56 bits per heavy atom. The number of methoxy groups -OCH3 is 1. The maximum atomic E-state index is 14.2. The van der Waals surface area contributed by atoms with Gasteiger partial charge in [-0.15, -0.1) is 0 Å². The van der Waals surface area contributed by atoms with Crippen molar-refractivity contribution in [2.75, 3.05) is 24.5 Å². The number of sulfonamides is 1. The number of aryl methyl sites for hydroxylation is 2. The molecule has 0 aliphatic heterocycles. The molecule has 0 aliphatic rings. The number of hydrogen-bond donors (Lipinski definition) is 1. The molecule has 0 saturated carbocycles. The summed E-state index contributed by atoms with van der Waals surface area (Å²) in [6.07, 6.45) is 0.883. The molecule has 2 amide bonds. The summed E-state index contributed by atoms with van der Waals surface area (Å²) in [7, 11) is -2.72. The van der Waals surface area contributed by atoms with Gasteiger partial charge in [0.25, 0.3) is 10.0 Å². The number of amides is 2. The number of carbonyl (C=O) groups excluding carboxylic acids is 2. The van der Waals surface area contributed by atoms with E-state index >= 15 is 0 Å². The molecule has 41 heavy (non-hydrogen) atoms. The van der Waals surface area contributed by atoms with Crippen molar-refractivity contribution in [2.45, 2.75) is 64.4 Å². The van der Waals surface area contributed by atoms with Gasteiger partial charge < -0.3 is 15.0 Å². The van der Waals surface area contributed by atoms with E-state index in [4.69, 9.17) is 4.74 Å². The van der Waals surface area contributed by atoms with Crippen LogP contribution in [0.2, 0.25) is 0 Å². The largest absolute Gasteiger partial charge is 0.495 e. The van der Waals surface area contributed by atoms with Crippen LogP contribution in [0.3, 0.4) is 0 Å². The van der Waals surface area contributed by atoms with Crippen LogP contribution in [0, 0.1) is 13.8 Å². The lowest BCUT2D eigenvalue weighted by atomic mass is 10.1. The number of anilines is 1. The average Bonchev–Trinajstić information content (AvgIpc) is 2.94. The molecule has 3 rings (SSSR count). The fourth-order valence-electron chi connectivity index (χ4n) is 4.62. The number of nitrogens with one attached hydrogen (secondary N) is 1. The van der Waals surface area contributed by atoms with Crippen LogP contribution in [0.1, 0.15) is 43.9 Å². The Labute approximate surface area is 244 Å². The normalized spacial score (nSPS) is 12.1. The summed E-state index contributed by atoms with van der Waals surface area (Å²) in [4.78, 5) is 29.0. The maximum Gasteiger partial charge on any atom is 0.264 e.